The van der Waals surface area contributed by atoms with Crippen LogP contribution in [0, 0.1) is 0 Å². The smallest absolute Gasteiger partial charge is 0.0818 e. The van der Waals surface area contributed by atoms with Crippen LogP contribution in [0.4, 0.5) is 0 Å². The minimum Gasteiger partial charge on any atom is -0.394 e. The summed E-state index contributed by atoms with van der Waals surface area (Å²) < 4.78 is 5.10. The Bertz CT molecular complexity index is 322. The minimum absolute atomic E-state index is 0.0323. The highest BCUT2D eigenvalue weighted by Gasteiger charge is 2.14. The molecule has 1 aromatic carbocycles. The van der Waals surface area contributed by atoms with E-state index in [0.717, 1.165) is 5.56 Å². The molecule has 0 saturated heterocycles. The zero-order valence-corrected chi connectivity index (χ0v) is 11.2. The maximum atomic E-state index is 9.91. The molecule has 0 radical (unpaired) electrons. The molecule has 0 bridgehead atoms. The SMILES string of the molecule is N[C@@H](Cc1ccccc1)[C@H](O)CNCCOCCO. The Morgan fingerprint density at radius 1 is 1.21 bits per heavy atom. The zero-order valence-electron chi connectivity index (χ0n) is 11.2. The summed E-state index contributed by atoms with van der Waals surface area (Å²) in [5.74, 6) is 0. The first-order chi connectivity index (χ1) is 9.24. The average Bonchev–Trinajstić information content (AvgIpc) is 2.43. The van der Waals surface area contributed by atoms with E-state index < -0.39 is 6.10 Å². The predicted molar refractivity (Wildman–Crippen MR) is 74.9 cm³/mol. The van der Waals surface area contributed by atoms with Crippen LogP contribution in [0.5, 0.6) is 0 Å². The van der Waals surface area contributed by atoms with E-state index in [0.29, 0.717) is 32.7 Å². The molecule has 0 heterocycles. The third kappa shape index (κ3) is 7.25. The molecule has 0 saturated carbocycles. The lowest BCUT2D eigenvalue weighted by Gasteiger charge is -2.19. The summed E-state index contributed by atoms with van der Waals surface area (Å²) in [6.07, 6.45) is 0.0723. The number of aliphatic hydroxyl groups excluding tert-OH is 2. The van der Waals surface area contributed by atoms with Crippen molar-refractivity contribution in [2.45, 2.75) is 18.6 Å². The maximum Gasteiger partial charge on any atom is 0.0818 e. The summed E-state index contributed by atoms with van der Waals surface area (Å²) in [6, 6.07) is 9.61. The molecule has 1 rings (SSSR count). The number of ether oxygens (including phenoxy) is 1. The topological polar surface area (TPSA) is 87.7 Å². The van der Waals surface area contributed by atoms with Crippen LogP contribution in [-0.2, 0) is 11.2 Å². The third-order valence-corrected chi connectivity index (χ3v) is 2.82. The highest BCUT2D eigenvalue weighted by atomic mass is 16.5. The van der Waals surface area contributed by atoms with Crippen LogP contribution in [0.1, 0.15) is 5.56 Å². The van der Waals surface area contributed by atoms with Gasteiger partial charge in [-0.25, -0.2) is 0 Å². The Labute approximate surface area is 114 Å². The fourth-order valence-corrected chi connectivity index (χ4v) is 1.73. The molecular weight excluding hydrogens is 244 g/mol. The average molecular weight is 268 g/mol. The second kappa shape index (κ2) is 9.89. The monoisotopic (exact) mass is 268 g/mol. The van der Waals surface area contributed by atoms with Gasteiger partial charge in [0.2, 0.25) is 0 Å². The second-order valence-electron chi connectivity index (χ2n) is 4.46. The Kier molecular flexibility index (Phi) is 8.36. The normalized spacial score (nSPS) is 14.3. The first-order valence-electron chi connectivity index (χ1n) is 6.61. The Hall–Kier alpha value is -0.980. The molecule has 0 unspecified atom stereocenters. The van der Waals surface area contributed by atoms with E-state index in [1.54, 1.807) is 0 Å². The molecule has 0 aromatic heterocycles. The van der Waals surface area contributed by atoms with Gasteiger partial charge in [0, 0.05) is 19.1 Å². The van der Waals surface area contributed by atoms with Gasteiger partial charge in [0.25, 0.3) is 0 Å². The number of nitrogens with two attached hydrogens (primary N) is 1. The molecule has 0 fully saturated rings. The molecule has 108 valence electrons. The van der Waals surface area contributed by atoms with Gasteiger partial charge in [0.05, 0.1) is 25.9 Å². The van der Waals surface area contributed by atoms with Crippen LogP contribution < -0.4 is 11.1 Å². The van der Waals surface area contributed by atoms with Gasteiger partial charge < -0.3 is 26.0 Å². The summed E-state index contributed by atoms with van der Waals surface area (Å²) in [4.78, 5) is 0. The van der Waals surface area contributed by atoms with Crippen molar-refractivity contribution in [2.75, 3.05) is 32.9 Å². The van der Waals surface area contributed by atoms with Crippen molar-refractivity contribution in [1.29, 1.82) is 0 Å². The molecule has 2 atom stereocenters. The van der Waals surface area contributed by atoms with Crippen LogP contribution in [0.15, 0.2) is 30.3 Å². The van der Waals surface area contributed by atoms with Crippen molar-refractivity contribution in [3.63, 3.8) is 0 Å². The number of aliphatic hydroxyl groups is 2. The lowest BCUT2D eigenvalue weighted by molar-refractivity contribution is 0.0893. The molecule has 5 nitrogen and oxygen atoms in total. The summed E-state index contributed by atoms with van der Waals surface area (Å²) >= 11 is 0. The van der Waals surface area contributed by atoms with Gasteiger partial charge >= 0.3 is 0 Å². The van der Waals surface area contributed by atoms with E-state index >= 15 is 0 Å². The van der Waals surface area contributed by atoms with E-state index in [9.17, 15) is 5.11 Å². The van der Waals surface area contributed by atoms with Gasteiger partial charge in [-0.15, -0.1) is 0 Å². The van der Waals surface area contributed by atoms with Crippen LogP contribution in [0.2, 0.25) is 0 Å². The van der Waals surface area contributed by atoms with Crippen molar-refractivity contribution < 1.29 is 14.9 Å². The van der Waals surface area contributed by atoms with Crippen molar-refractivity contribution in [3.8, 4) is 0 Å². The van der Waals surface area contributed by atoms with E-state index in [1.807, 2.05) is 30.3 Å². The Morgan fingerprint density at radius 3 is 2.63 bits per heavy atom. The fraction of sp³-hybridized carbons (Fsp3) is 0.571. The first kappa shape index (κ1) is 16.1. The first-order valence-corrected chi connectivity index (χ1v) is 6.61. The van der Waals surface area contributed by atoms with Crippen LogP contribution in [0.25, 0.3) is 0 Å². The van der Waals surface area contributed by atoms with Crippen molar-refractivity contribution in [3.05, 3.63) is 35.9 Å². The van der Waals surface area contributed by atoms with Crippen molar-refractivity contribution in [2.24, 2.45) is 5.73 Å². The van der Waals surface area contributed by atoms with Gasteiger partial charge in [-0.05, 0) is 12.0 Å². The predicted octanol–water partition coefficient (Wildman–Crippen LogP) is -0.484. The van der Waals surface area contributed by atoms with Crippen LogP contribution >= 0.6 is 0 Å². The Balaban J connectivity index is 2.13. The minimum atomic E-state index is -0.585. The molecule has 5 heteroatoms. The van der Waals surface area contributed by atoms with E-state index in [4.69, 9.17) is 15.6 Å². The molecule has 0 aliphatic rings. The molecule has 0 aliphatic carbocycles. The van der Waals surface area contributed by atoms with Crippen LogP contribution in [0.3, 0.4) is 0 Å². The largest absolute Gasteiger partial charge is 0.394 e. The van der Waals surface area contributed by atoms with E-state index in [2.05, 4.69) is 5.32 Å². The molecule has 0 amide bonds. The quantitative estimate of drug-likeness (QED) is 0.430. The fourth-order valence-electron chi connectivity index (χ4n) is 1.73. The lowest BCUT2D eigenvalue weighted by atomic mass is 10.0. The number of hydrogen-bond donors (Lipinski definition) is 4. The number of benzene rings is 1. The van der Waals surface area contributed by atoms with E-state index in [1.165, 1.54) is 0 Å². The molecule has 0 aliphatic heterocycles. The van der Waals surface area contributed by atoms with Gasteiger partial charge in [0.1, 0.15) is 0 Å². The summed E-state index contributed by atoms with van der Waals surface area (Å²) in [6.45, 7) is 1.97. The van der Waals surface area contributed by atoms with Crippen LogP contribution in [-0.4, -0.2) is 55.3 Å². The lowest BCUT2D eigenvalue weighted by Crippen LogP contribution is -2.43. The molecule has 19 heavy (non-hydrogen) atoms. The maximum absolute atomic E-state index is 9.91. The van der Waals surface area contributed by atoms with Gasteiger partial charge in [0.15, 0.2) is 0 Å². The second-order valence-corrected chi connectivity index (χ2v) is 4.46. The van der Waals surface area contributed by atoms with Gasteiger partial charge in [-0.2, -0.15) is 0 Å². The Morgan fingerprint density at radius 2 is 1.95 bits per heavy atom. The van der Waals surface area contributed by atoms with Gasteiger partial charge in [-0.3, -0.25) is 0 Å². The number of rotatable bonds is 10. The highest BCUT2D eigenvalue weighted by molar-refractivity contribution is 5.16. The standard InChI is InChI=1S/C14H24N2O3/c15-13(10-12-4-2-1-3-5-12)14(18)11-16-6-8-19-9-7-17/h1-5,13-14,16-18H,6-11,15H2/t13-,14+/m0/s1. The number of nitrogens with one attached hydrogen (secondary N) is 1. The number of hydrogen-bond acceptors (Lipinski definition) is 5. The van der Waals surface area contributed by atoms with Gasteiger partial charge in [-0.1, -0.05) is 30.3 Å². The third-order valence-electron chi connectivity index (χ3n) is 2.82. The van der Waals surface area contributed by atoms with E-state index in [-0.39, 0.29) is 12.6 Å². The zero-order chi connectivity index (χ0) is 13.9. The summed E-state index contributed by atoms with van der Waals surface area (Å²) in [7, 11) is 0. The molecular formula is C14H24N2O3. The molecule has 5 N–H and O–H groups in total. The summed E-state index contributed by atoms with van der Waals surface area (Å²) in [5.41, 5.74) is 7.08. The summed E-state index contributed by atoms with van der Waals surface area (Å²) in [5, 5.41) is 21.5. The van der Waals surface area contributed by atoms with Crippen molar-refractivity contribution in [1.82, 2.24) is 5.32 Å². The highest BCUT2D eigenvalue weighted by Crippen LogP contribution is 2.04. The van der Waals surface area contributed by atoms with Crippen molar-refractivity contribution >= 4 is 0 Å². The molecule has 1 aromatic rings. The molecule has 0 spiro atoms.